The van der Waals surface area contributed by atoms with Crippen molar-refractivity contribution >= 4 is 11.6 Å². The van der Waals surface area contributed by atoms with Gasteiger partial charge in [0.05, 0.1) is 6.42 Å². The van der Waals surface area contributed by atoms with Gasteiger partial charge in [0.2, 0.25) is 0 Å². The van der Waals surface area contributed by atoms with Crippen LogP contribution in [0.3, 0.4) is 0 Å². The Bertz CT molecular complexity index is 701. The highest BCUT2D eigenvalue weighted by Gasteiger charge is 2.28. The lowest BCUT2D eigenvalue weighted by molar-refractivity contribution is -0.130. The molecule has 2 aromatic rings. The molecule has 0 radical (unpaired) electrons. The first-order chi connectivity index (χ1) is 10.6. The molecule has 1 saturated carbocycles. The fraction of sp³-hybridized carbons (Fsp3) is 0.263. The van der Waals surface area contributed by atoms with E-state index < -0.39 is 0 Å². The third-order valence-electron chi connectivity index (χ3n) is 3.99. The number of hydrogen-bond donors (Lipinski definition) is 0. The van der Waals surface area contributed by atoms with Crippen LogP contribution in [0.2, 0.25) is 0 Å². The van der Waals surface area contributed by atoms with Crippen molar-refractivity contribution in [2.75, 3.05) is 0 Å². The molecule has 112 valence electrons. The molecular weight excluding hydrogens is 276 g/mol. The predicted molar refractivity (Wildman–Crippen MR) is 84.3 cm³/mol. The molecule has 2 aromatic carbocycles. The average molecular weight is 294 g/mol. The van der Waals surface area contributed by atoms with Crippen LogP contribution in [0.15, 0.2) is 48.5 Å². The van der Waals surface area contributed by atoms with Crippen LogP contribution in [0.25, 0.3) is 0 Å². The van der Waals surface area contributed by atoms with Crippen molar-refractivity contribution in [2.45, 2.75) is 32.1 Å². The molecule has 3 nitrogen and oxygen atoms in total. The van der Waals surface area contributed by atoms with E-state index in [1.165, 1.54) is 5.56 Å². The van der Waals surface area contributed by atoms with Gasteiger partial charge in [0.15, 0.2) is 0 Å². The molecule has 1 aliphatic rings. The fourth-order valence-electron chi connectivity index (χ4n) is 2.76. The van der Waals surface area contributed by atoms with Gasteiger partial charge in [0.1, 0.15) is 23.1 Å². The summed E-state index contributed by atoms with van der Waals surface area (Å²) >= 11 is 0. The number of carbonyl (C=O) groups excluding carboxylic acids is 2. The SMILES string of the molecule is Cc1ccc(Oc2cccc(C3CCC(=O)CC3=O)c2)cc1. The topological polar surface area (TPSA) is 43.4 Å². The summed E-state index contributed by atoms with van der Waals surface area (Å²) in [4.78, 5) is 23.4. The lowest BCUT2D eigenvalue weighted by atomic mass is 9.82. The number of rotatable bonds is 3. The van der Waals surface area contributed by atoms with Crippen molar-refractivity contribution < 1.29 is 14.3 Å². The van der Waals surface area contributed by atoms with Crippen molar-refractivity contribution in [3.8, 4) is 11.5 Å². The maximum Gasteiger partial charge on any atom is 0.147 e. The van der Waals surface area contributed by atoms with E-state index in [0.717, 1.165) is 11.3 Å². The number of hydrogen-bond acceptors (Lipinski definition) is 3. The van der Waals surface area contributed by atoms with Gasteiger partial charge in [0.25, 0.3) is 0 Å². The summed E-state index contributed by atoms with van der Waals surface area (Å²) in [6.07, 6.45) is 1.15. The van der Waals surface area contributed by atoms with Crippen molar-refractivity contribution in [3.05, 3.63) is 59.7 Å². The van der Waals surface area contributed by atoms with Gasteiger partial charge in [-0.05, 0) is 43.2 Å². The van der Waals surface area contributed by atoms with E-state index in [1.54, 1.807) is 0 Å². The van der Waals surface area contributed by atoms with E-state index in [4.69, 9.17) is 4.74 Å². The Morgan fingerprint density at radius 1 is 1.00 bits per heavy atom. The Morgan fingerprint density at radius 3 is 2.50 bits per heavy atom. The molecule has 0 N–H and O–H groups in total. The lowest BCUT2D eigenvalue weighted by Gasteiger charge is -2.20. The van der Waals surface area contributed by atoms with Gasteiger partial charge in [-0.2, -0.15) is 0 Å². The van der Waals surface area contributed by atoms with Crippen molar-refractivity contribution in [2.24, 2.45) is 0 Å². The lowest BCUT2D eigenvalue weighted by Crippen LogP contribution is -2.23. The minimum absolute atomic E-state index is 0.0173. The first-order valence-electron chi connectivity index (χ1n) is 7.51. The Hall–Kier alpha value is -2.42. The van der Waals surface area contributed by atoms with Crippen molar-refractivity contribution in [1.29, 1.82) is 0 Å². The highest BCUT2D eigenvalue weighted by atomic mass is 16.5. The van der Waals surface area contributed by atoms with Crippen LogP contribution in [-0.2, 0) is 9.59 Å². The molecule has 22 heavy (non-hydrogen) atoms. The summed E-state index contributed by atoms with van der Waals surface area (Å²) in [5.41, 5.74) is 2.11. The highest BCUT2D eigenvalue weighted by Crippen LogP contribution is 2.31. The zero-order valence-electron chi connectivity index (χ0n) is 12.5. The van der Waals surface area contributed by atoms with Crippen molar-refractivity contribution in [1.82, 2.24) is 0 Å². The fourth-order valence-corrected chi connectivity index (χ4v) is 2.76. The molecular formula is C19H18O3. The molecule has 3 rings (SSSR count). The maximum atomic E-state index is 12.1. The van der Waals surface area contributed by atoms with Gasteiger partial charge in [-0.3, -0.25) is 9.59 Å². The normalized spacial score (nSPS) is 18.3. The third-order valence-corrected chi connectivity index (χ3v) is 3.99. The summed E-state index contributed by atoms with van der Waals surface area (Å²) in [5.74, 6) is 1.37. The molecule has 0 amide bonds. The highest BCUT2D eigenvalue weighted by molar-refractivity contribution is 6.04. The second-order valence-corrected chi connectivity index (χ2v) is 5.76. The summed E-state index contributed by atoms with van der Waals surface area (Å²) < 4.78 is 5.84. The zero-order valence-corrected chi connectivity index (χ0v) is 12.5. The smallest absolute Gasteiger partial charge is 0.147 e. The molecule has 1 aliphatic carbocycles. The Balaban J connectivity index is 1.79. The zero-order chi connectivity index (χ0) is 15.5. The standard InChI is InChI=1S/C19H18O3/c1-13-5-8-16(9-6-13)22-17-4-2-3-14(11-17)18-10-7-15(20)12-19(18)21/h2-6,8-9,11,18H,7,10,12H2,1H3. The second kappa shape index (κ2) is 6.14. The number of benzene rings is 2. The van der Waals surface area contributed by atoms with Crippen LogP contribution < -0.4 is 4.74 Å². The van der Waals surface area contributed by atoms with Crippen LogP contribution in [0.5, 0.6) is 11.5 Å². The summed E-state index contributed by atoms with van der Waals surface area (Å²) in [5, 5.41) is 0. The van der Waals surface area contributed by atoms with E-state index >= 15 is 0 Å². The first-order valence-corrected chi connectivity index (χ1v) is 7.51. The number of aryl methyl sites for hydroxylation is 1. The Kier molecular flexibility index (Phi) is 4.05. The maximum absolute atomic E-state index is 12.1. The van der Waals surface area contributed by atoms with Crippen LogP contribution in [0, 0.1) is 6.92 Å². The number of ether oxygens (including phenoxy) is 1. The van der Waals surface area contributed by atoms with Crippen LogP contribution in [-0.4, -0.2) is 11.6 Å². The van der Waals surface area contributed by atoms with Crippen molar-refractivity contribution in [3.63, 3.8) is 0 Å². The summed E-state index contributed by atoms with van der Waals surface area (Å²) in [6.45, 7) is 2.03. The Labute approximate surface area is 129 Å². The minimum Gasteiger partial charge on any atom is -0.457 e. The minimum atomic E-state index is -0.181. The predicted octanol–water partition coefficient (Wildman–Crippen LogP) is 4.19. The molecule has 1 fully saturated rings. The molecule has 3 heteroatoms. The molecule has 0 aliphatic heterocycles. The molecule has 0 saturated heterocycles. The van der Waals surface area contributed by atoms with Gasteiger partial charge in [0, 0.05) is 12.3 Å². The Morgan fingerprint density at radius 2 is 1.77 bits per heavy atom. The van der Waals surface area contributed by atoms with Gasteiger partial charge in [-0.1, -0.05) is 29.8 Å². The summed E-state index contributed by atoms with van der Waals surface area (Å²) in [6, 6.07) is 15.4. The van der Waals surface area contributed by atoms with E-state index in [-0.39, 0.29) is 23.9 Å². The van der Waals surface area contributed by atoms with E-state index in [2.05, 4.69) is 0 Å². The third kappa shape index (κ3) is 3.25. The molecule has 0 bridgehead atoms. The number of Topliss-reactive ketones (excluding diaryl/α,β-unsaturated/α-hetero) is 2. The second-order valence-electron chi connectivity index (χ2n) is 5.76. The van der Waals surface area contributed by atoms with Gasteiger partial charge < -0.3 is 4.74 Å². The van der Waals surface area contributed by atoms with E-state index in [0.29, 0.717) is 18.6 Å². The van der Waals surface area contributed by atoms with E-state index in [9.17, 15) is 9.59 Å². The van der Waals surface area contributed by atoms with Gasteiger partial charge in [-0.15, -0.1) is 0 Å². The average Bonchev–Trinajstić information content (AvgIpc) is 2.50. The summed E-state index contributed by atoms with van der Waals surface area (Å²) in [7, 11) is 0. The molecule has 1 atom stereocenters. The monoisotopic (exact) mass is 294 g/mol. The van der Waals surface area contributed by atoms with Crippen LogP contribution in [0.4, 0.5) is 0 Å². The number of ketones is 2. The number of carbonyl (C=O) groups is 2. The van der Waals surface area contributed by atoms with Gasteiger partial charge in [-0.25, -0.2) is 0 Å². The first kappa shape index (κ1) is 14.5. The van der Waals surface area contributed by atoms with Gasteiger partial charge >= 0.3 is 0 Å². The molecule has 0 heterocycles. The van der Waals surface area contributed by atoms with Crippen LogP contribution >= 0.6 is 0 Å². The molecule has 0 aromatic heterocycles. The van der Waals surface area contributed by atoms with E-state index in [1.807, 2.05) is 55.5 Å². The van der Waals surface area contributed by atoms with Crippen LogP contribution in [0.1, 0.15) is 36.3 Å². The molecule has 0 spiro atoms. The molecule has 1 unspecified atom stereocenters. The largest absolute Gasteiger partial charge is 0.457 e. The quantitative estimate of drug-likeness (QED) is 0.797.